The Labute approximate surface area is 89.3 Å². The normalized spacial score (nSPS) is 10.2. The van der Waals surface area contributed by atoms with Gasteiger partial charge in [0.25, 0.3) is 0 Å². The minimum Gasteiger partial charge on any atom is -0.490 e. The van der Waals surface area contributed by atoms with Gasteiger partial charge in [-0.2, -0.15) is 0 Å². The molecular weight excluding hydrogens is 192 g/mol. The minimum absolute atomic E-state index is 0.274. The summed E-state index contributed by atoms with van der Waals surface area (Å²) in [6.07, 6.45) is 3.57. The first-order valence-corrected chi connectivity index (χ1v) is 4.75. The Morgan fingerprint density at radius 1 is 1.20 bits per heavy atom. The number of esters is 1. The van der Waals surface area contributed by atoms with Crippen molar-refractivity contribution in [2.75, 3.05) is 13.2 Å². The fraction of sp³-hybridized carbons (Fsp3) is 0.250. The Bertz CT molecular complexity index is 317. The molecule has 0 aliphatic rings. The van der Waals surface area contributed by atoms with E-state index < -0.39 is 0 Å². The van der Waals surface area contributed by atoms with Gasteiger partial charge >= 0.3 is 5.97 Å². The lowest BCUT2D eigenvalue weighted by atomic mass is 10.3. The number of para-hydroxylation sites is 1. The summed E-state index contributed by atoms with van der Waals surface area (Å²) >= 11 is 0. The fourth-order valence-corrected chi connectivity index (χ4v) is 0.963. The first kappa shape index (κ1) is 11.3. The second kappa shape index (κ2) is 6.65. The number of carbonyl (C=O) groups is 1. The van der Waals surface area contributed by atoms with Crippen molar-refractivity contribution in [3.63, 3.8) is 0 Å². The average Bonchev–Trinajstić information content (AvgIpc) is 2.24. The Morgan fingerprint density at radius 2 is 1.87 bits per heavy atom. The molecule has 0 unspecified atom stereocenters. The number of ether oxygens (including phenoxy) is 2. The van der Waals surface area contributed by atoms with Crippen LogP contribution in [0.2, 0.25) is 0 Å². The molecule has 0 spiro atoms. The lowest BCUT2D eigenvalue weighted by Gasteiger charge is -2.01. The van der Waals surface area contributed by atoms with Gasteiger partial charge < -0.3 is 9.47 Å². The quantitative estimate of drug-likeness (QED) is 0.547. The first-order chi connectivity index (χ1) is 7.29. The van der Waals surface area contributed by atoms with Crippen LogP contribution in [0.15, 0.2) is 42.5 Å². The van der Waals surface area contributed by atoms with Crippen LogP contribution in [0.3, 0.4) is 0 Å². The summed E-state index contributed by atoms with van der Waals surface area (Å²) in [4.78, 5) is 10.4. The Kier molecular flexibility index (Phi) is 5.01. The predicted octanol–water partition coefficient (Wildman–Crippen LogP) is 2.18. The van der Waals surface area contributed by atoms with Crippen molar-refractivity contribution < 1.29 is 14.3 Å². The average molecular weight is 206 g/mol. The molecule has 0 aliphatic heterocycles. The third kappa shape index (κ3) is 5.52. The van der Waals surface area contributed by atoms with E-state index in [4.69, 9.17) is 9.47 Å². The highest BCUT2D eigenvalue weighted by Crippen LogP contribution is 2.07. The van der Waals surface area contributed by atoms with Gasteiger partial charge in [-0.25, -0.2) is 0 Å². The van der Waals surface area contributed by atoms with E-state index in [0.717, 1.165) is 5.75 Å². The third-order valence-electron chi connectivity index (χ3n) is 1.64. The van der Waals surface area contributed by atoms with Crippen molar-refractivity contribution in [1.82, 2.24) is 0 Å². The molecule has 0 fully saturated rings. The largest absolute Gasteiger partial charge is 0.490 e. The van der Waals surface area contributed by atoms with Crippen LogP contribution in [-0.4, -0.2) is 19.2 Å². The summed E-state index contributed by atoms with van der Waals surface area (Å²) in [5.41, 5.74) is 0. The van der Waals surface area contributed by atoms with Crippen molar-refractivity contribution in [3.8, 4) is 5.75 Å². The van der Waals surface area contributed by atoms with E-state index in [1.165, 1.54) is 6.92 Å². The summed E-state index contributed by atoms with van der Waals surface area (Å²) in [7, 11) is 0. The maximum absolute atomic E-state index is 10.4. The van der Waals surface area contributed by atoms with Gasteiger partial charge in [0, 0.05) is 6.92 Å². The molecule has 0 N–H and O–H groups in total. The van der Waals surface area contributed by atoms with Gasteiger partial charge in [0.05, 0.1) is 0 Å². The lowest BCUT2D eigenvalue weighted by Crippen LogP contribution is -1.98. The molecule has 80 valence electrons. The highest BCUT2D eigenvalue weighted by molar-refractivity contribution is 5.65. The summed E-state index contributed by atoms with van der Waals surface area (Å²) in [5.74, 6) is 0.554. The minimum atomic E-state index is -0.274. The van der Waals surface area contributed by atoms with E-state index in [0.29, 0.717) is 13.2 Å². The summed E-state index contributed by atoms with van der Waals surface area (Å²) < 4.78 is 10.1. The smallest absolute Gasteiger partial charge is 0.302 e. The molecule has 0 aromatic heterocycles. The molecule has 1 aromatic carbocycles. The van der Waals surface area contributed by atoms with Gasteiger partial charge in [-0.3, -0.25) is 4.79 Å². The first-order valence-electron chi connectivity index (χ1n) is 4.75. The monoisotopic (exact) mass is 206 g/mol. The van der Waals surface area contributed by atoms with Crippen LogP contribution in [-0.2, 0) is 9.53 Å². The standard InChI is InChI=1S/C12H14O3/c1-11(13)14-9-5-6-10-15-12-7-3-2-4-8-12/h2-8H,9-10H2,1H3/b6-5+. The van der Waals surface area contributed by atoms with E-state index in [-0.39, 0.29) is 5.97 Å². The zero-order valence-electron chi connectivity index (χ0n) is 8.68. The molecule has 0 saturated heterocycles. The lowest BCUT2D eigenvalue weighted by molar-refractivity contribution is -0.139. The summed E-state index contributed by atoms with van der Waals surface area (Å²) in [5, 5.41) is 0. The van der Waals surface area contributed by atoms with Crippen LogP contribution in [0.5, 0.6) is 5.75 Å². The molecule has 0 saturated carbocycles. The predicted molar refractivity (Wildman–Crippen MR) is 57.7 cm³/mol. The van der Waals surface area contributed by atoms with E-state index in [9.17, 15) is 4.79 Å². The molecular formula is C12H14O3. The molecule has 0 aliphatic carbocycles. The van der Waals surface area contributed by atoms with Gasteiger partial charge in [0.2, 0.25) is 0 Å². The number of hydrogen-bond acceptors (Lipinski definition) is 3. The number of hydrogen-bond donors (Lipinski definition) is 0. The maximum Gasteiger partial charge on any atom is 0.302 e. The van der Waals surface area contributed by atoms with Gasteiger partial charge in [0.1, 0.15) is 19.0 Å². The van der Waals surface area contributed by atoms with Gasteiger partial charge in [-0.05, 0) is 24.3 Å². The molecule has 1 aromatic rings. The SMILES string of the molecule is CC(=O)OC/C=C/COc1ccccc1. The fourth-order valence-electron chi connectivity index (χ4n) is 0.963. The van der Waals surface area contributed by atoms with Crippen LogP contribution in [0.1, 0.15) is 6.92 Å². The zero-order valence-corrected chi connectivity index (χ0v) is 8.68. The molecule has 3 heteroatoms. The zero-order chi connectivity index (χ0) is 10.9. The van der Waals surface area contributed by atoms with Gasteiger partial charge in [-0.1, -0.05) is 18.2 Å². The van der Waals surface area contributed by atoms with Crippen molar-refractivity contribution in [2.24, 2.45) is 0 Å². The Hall–Kier alpha value is -1.77. The van der Waals surface area contributed by atoms with E-state index in [1.807, 2.05) is 36.4 Å². The van der Waals surface area contributed by atoms with Crippen LogP contribution in [0, 0.1) is 0 Å². The van der Waals surface area contributed by atoms with E-state index in [2.05, 4.69) is 0 Å². The van der Waals surface area contributed by atoms with Crippen molar-refractivity contribution >= 4 is 5.97 Å². The maximum atomic E-state index is 10.4. The third-order valence-corrected chi connectivity index (χ3v) is 1.64. The number of rotatable bonds is 5. The van der Waals surface area contributed by atoms with Crippen LogP contribution in [0.25, 0.3) is 0 Å². The second-order valence-corrected chi connectivity index (χ2v) is 2.90. The Balaban J connectivity index is 2.14. The van der Waals surface area contributed by atoms with Gasteiger partial charge in [0.15, 0.2) is 0 Å². The number of carbonyl (C=O) groups excluding carboxylic acids is 1. The van der Waals surface area contributed by atoms with Gasteiger partial charge in [-0.15, -0.1) is 0 Å². The molecule has 3 nitrogen and oxygen atoms in total. The molecule has 0 atom stereocenters. The molecule has 0 bridgehead atoms. The highest BCUT2D eigenvalue weighted by Gasteiger charge is 1.88. The van der Waals surface area contributed by atoms with E-state index in [1.54, 1.807) is 6.08 Å². The molecule has 0 amide bonds. The van der Waals surface area contributed by atoms with Crippen molar-refractivity contribution in [2.45, 2.75) is 6.92 Å². The van der Waals surface area contributed by atoms with E-state index >= 15 is 0 Å². The highest BCUT2D eigenvalue weighted by atomic mass is 16.5. The molecule has 0 heterocycles. The topological polar surface area (TPSA) is 35.5 Å². The molecule has 0 radical (unpaired) electrons. The molecule has 15 heavy (non-hydrogen) atoms. The van der Waals surface area contributed by atoms with Crippen molar-refractivity contribution in [3.05, 3.63) is 42.5 Å². The van der Waals surface area contributed by atoms with Crippen molar-refractivity contribution in [1.29, 1.82) is 0 Å². The van der Waals surface area contributed by atoms with Crippen LogP contribution < -0.4 is 4.74 Å². The molecule has 1 rings (SSSR count). The summed E-state index contributed by atoms with van der Waals surface area (Å²) in [6, 6.07) is 9.54. The van der Waals surface area contributed by atoms with Crippen LogP contribution >= 0.6 is 0 Å². The summed E-state index contributed by atoms with van der Waals surface area (Å²) in [6.45, 7) is 2.16. The Morgan fingerprint density at radius 3 is 2.53 bits per heavy atom. The second-order valence-electron chi connectivity index (χ2n) is 2.90. The number of benzene rings is 1. The van der Waals surface area contributed by atoms with Crippen LogP contribution in [0.4, 0.5) is 0 Å².